The molecular weight excluding hydrogens is 236 g/mol. The van der Waals surface area contributed by atoms with Crippen molar-refractivity contribution in [3.05, 3.63) is 35.9 Å². The summed E-state index contributed by atoms with van der Waals surface area (Å²) in [7, 11) is 0. The van der Waals surface area contributed by atoms with Crippen LogP contribution in [0.25, 0.3) is 0 Å². The van der Waals surface area contributed by atoms with Crippen LogP contribution in [-0.2, 0) is 11.2 Å². The van der Waals surface area contributed by atoms with Crippen LogP contribution in [0, 0.1) is 0 Å². The van der Waals surface area contributed by atoms with Crippen LogP contribution >= 0.6 is 0 Å². The molecule has 3 N–H and O–H groups in total. The first-order valence-corrected chi connectivity index (χ1v) is 7.45. The Bertz CT molecular complexity index is 360. The van der Waals surface area contributed by atoms with Gasteiger partial charge in [-0.25, -0.2) is 0 Å². The van der Waals surface area contributed by atoms with E-state index in [9.17, 15) is 0 Å². The number of hydrogen-bond acceptors (Lipinski definition) is 3. The molecule has 1 fully saturated rings. The Morgan fingerprint density at radius 3 is 2.53 bits per heavy atom. The number of aryl methyl sites for hydroxylation is 1. The van der Waals surface area contributed by atoms with Crippen LogP contribution in [0.4, 0.5) is 0 Å². The minimum absolute atomic E-state index is 0.0434. The quantitative estimate of drug-likeness (QED) is 0.587. The molecule has 1 aliphatic carbocycles. The van der Waals surface area contributed by atoms with Crippen LogP contribution in [0.2, 0.25) is 0 Å². The molecule has 106 valence electrons. The topological polar surface area (TPSA) is 47.3 Å². The molecule has 0 amide bonds. The first-order valence-electron chi connectivity index (χ1n) is 7.45. The van der Waals surface area contributed by atoms with Crippen molar-refractivity contribution in [2.45, 2.75) is 57.1 Å². The number of rotatable bonds is 7. The van der Waals surface area contributed by atoms with Crippen LogP contribution in [0.3, 0.4) is 0 Å². The maximum atomic E-state index is 6.09. The van der Waals surface area contributed by atoms with E-state index in [1.54, 1.807) is 0 Å². The van der Waals surface area contributed by atoms with Crippen molar-refractivity contribution in [2.75, 3.05) is 6.61 Å². The molecule has 0 bridgehead atoms. The monoisotopic (exact) mass is 262 g/mol. The highest BCUT2D eigenvalue weighted by atomic mass is 16.5. The summed E-state index contributed by atoms with van der Waals surface area (Å²) in [6.45, 7) is 2.84. The minimum Gasteiger partial charge on any atom is -0.374 e. The Morgan fingerprint density at radius 1 is 1.26 bits per heavy atom. The van der Waals surface area contributed by atoms with Crippen LogP contribution in [0.5, 0.6) is 0 Å². The van der Waals surface area contributed by atoms with Gasteiger partial charge in [0.2, 0.25) is 0 Å². The zero-order valence-electron chi connectivity index (χ0n) is 11.9. The Balaban J connectivity index is 1.98. The molecule has 0 spiro atoms. The number of nitrogens with two attached hydrogens (primary N) is 1. The van der Waals surface area contributed by atoms with Gasteiger partial charge in [0.05, 0.1) is 11.6 Å². The van der Waals surface area contributed by atoms with Gasteiger partial charge >= 0.3 is 0 Å². The van der Waals surface area contributed by atoms with Gasteiger partial charge < -0.3 is 4.74 Å². The molecule has 2 rings (SSSR count). The van der Waals surface area contributed by atoms with Crippen molar-refractivity contribution in [3.63, 3.8) is 0 Å². The lowest BCUT2D eigenvalue weighted by Gasteiger charge is -2.37. The fourth-order valence-corrected chi connectivity index (χ4v) is 3.31. The number of hydrazine groups is 1. The fraction of sp³-hybridized carbons (Fsp3) is 0.625. The second kappa shape index (κ2) is 7.04. The summed E-state index contributed by atoms with van der Waals surface area (Å²) >= 11 is 0. The number of ether oxygens (including phenoxy) is 1. The molecule has 0 aliphatic heterocycles. The molecule has 3 heteroatoms. The number of hydrogen-bond donors (Lipinski definition) is 2. The molecule has 1 aromatic carbocycles. The highest BCUT2D eigenvalue weighted by molar-refractivity contribution is 5.15. The molecular formula is C16H26N2O. The van der Waals surface area contributed by atoms with Crippen LogP contribution in [-0.4, -0.2) is 18.2 Å². The van der Waals surface area contributed by atoms with E-state index in [1.165, 1.54) is 18.4 Å². The van der Waals surface area contributed by atoms with Gasteiger partial charge in [-0.1, -0.05) is 43.2 Å². The van der Waals surface area contributed by atoms with Crippen LogP contribution in [0.15, 0.2) is 30.3 Å². The smallest absolute Gasteiger partial charge is 0.0848 e. The predicted molar refractivity (Wildman–Crippen MR) is 78.7 cm³/mol. The van der Waals surface area contributed by atoms with Crippen molar-refractivity contribution < 1.29 is 4.74 Å². The van der Waals surface area contributed by atoms with E-state index in [0.29, 0.717) is 0 Å². The Hall–Kier alpha value is -0.900. The lowest BCUT2D eigenvalue weighted by molar-refractivity contribution is -0.0631. The largest absolute Gasteiger partial charge is 0.374 e. The SMILES string of the molecule is CCOC1(C(CCc2ccccc2)NN)CCCC1. The van der Waals surface area contributed by atoms with Gasteiger partial charge in [-0.3, -0.25) is 11.3 Å². The maximum Gasteiger partial charge on any atom is 0.0848 e. The van der Waals surface area contributed by atoms with Gasteiger partial charge in [0, 0.05) is 6.61 Å². The Morgan fingerprint density at radius 2 is 1.95 bits per heavy atom. The third kappa shape index (κ3) is 3.56. The van der Waals surface area contributed by atoms with E-state index >= 15 is 0 Å². The van der Waals surface area contributed by atoms with E-state index < -0.39 is 0 Å². The number of nitrogens with one attached hydrogen (secondary N) is 1. The third-order valence-electron chi connectivity index (χ3n) is 4.28. The third-order valence-corrected chi connectivity index (χ3v) is 4.28. The molecule has 1 atom stereocenters. The van der Waals surface area contributed by atoms with E-state index in [1.807, 2.05) is 0 Å². The van der Waals surface area contributed by atoms with Gasteiger partial charge in [0.1, 0.15) is 0 Å². The predicted octanol–water partition coefficient (Wildman–Crippen LogP) is 2.80. The molecule has 1 aliphatic rings. The summed E-state index contributed by atoms with van der Waals surface area (Å²) in [6, 6.07) is 10.8. The summed E-state index contributed by atoms with van der Waals surface area (Å²) in [5.74, 6) is 5.80. The zero-order valence-corrected chi connectivity index (χ0v) is 11.9. The highest BCUT2D eigenvalue weighted by Gasteiger charge is 2.41. The van der Waals surface area contributed by atoms with Crippen molar-refractivity contribution in [3.8, 4) is 0 Å². The van der Waals surface area contributed by atoms with Crippen LogP contribution < -0.4 is 11.3 Å². The van der Waals surface area contributed by atoms with E-state index in [4.69, 9.17) is 10.6 Å². The average molecular weight is 262 g/mol. The highest BCUT2D eigenvalue weighted by Crippen LogP contribution is 2.37. The van der Waals surface area contributed by atoms with E-state index in [0.717, 1.165) is 32.3 Å². The fourth-order valence-electron chi connectivity index (χ4n) is 3.31. The standard InChI is InChI=1S/C16H26N2O/c1-2-19-16(12-6-7-13-16)15(18-17)11-10-14-8-4-3-5-9-14/h3-5,8-9,15,18H,2,6-7,10-13,17H2,1H3. The van der Waals surface area contributed by atoms with Gasteiger partial charge in [0.25, 0.3) is 0 Å². The molecule has 0 saturated heterocycles. The number of benzene rings is 1. The molecule has 0 aromatic heterocycles. The Kier molecular flexibility index (Phi) is 5.37. The zero-order chi connectivity index (χ0) is 13.6. The van der Waals surface area contributed by atoms with Gasteiger partial charge in [-0.05, 0) is 38.2 Å². The van der Waals surface area contributed by atoms with E-state index in [2.05, 4.69) is 42.7 Å². The minimum atomic E-state index is -0.0434. The van der Waals surface area contributed by atoms with Crippen molar-refractivity contribution in [1.29, 1.82) is 0 Å². The van der Waals surface area contributed by atoms with E-state index in [-0.39, 0.29) is 11.6 Å². The first kappa shape index (κ1) is 14.5. The molecule has 1 saturated carbocycles. The molecule has 0 heterocycles. The summed E-state index contributed by atoms with van der Waals surface area (Å²) in [5.41, 5.74) is 4.34. The first-order chi connectivity index (χ1) is 9.30. The lowest BCUT2D eigenvalue weighted by Crippen LogP contribution is -2.53. The average Bonchev–Trinajstić information content (AvgIpc) is 2.91. The lowest BCUT2D eigenvalue weighted by atomic mass is 9.88. The van der Waals surface area contributed by atoms with Crippen LogP contribution in [0.1, 0.15) is 44.6 Å². The molecule has 0 radical (unpaired) electrons. The van der Waals surface area contributed by atoms with Crippen molar-refractivity contribution in [1.82, 2.24) is 5.43 Å². The second-order valence-corrected chi connectivity index (χ2v) is 5.45. The Labute approximate surface area is 116 Å². The van der Waals surface area contributed by atoms with Gasteiger partial charge in [0.15, 0.2) is 0 Å². The van der Waals surface area contributed by atoms with Crippen molar-refractivity contribution in [2.24, 2.45) is 5.84 Å². The molecule has 1 unspecified atom stereocenters. The summed E-state index contributed by atoms with van der Waals surface area (Å²) in [6.07, 6.45) is 6.84. The summed E-state index contributed by atoms with van der Waals surface area (Å²) in [5, 5.41) is 0. The van der Waals surface area contributed by atoms with Crippen molar-refractivity contribution >= 4 is 0 Å². The second-order valence-electron chi connectivity index (χ2n) is 5.45. The normalized spacial score (nSPS) is 19.5. The molecule has 3 nitrogen and oxygen atoms in total. The maximum absolute atomic E-state index is 6.09. The summed E-state index contributed by atoms with van der Waals surface area (Å²) in [4.78, 5) is 0. The van der Waals surface area contributed by atoms with Gasteiger partial charge in [-0.15, -0.1) is 0 Å². The van der Waals surface area contributed by atoms with Gasteiger partial charge in [-0.2, -0.15) is 0 Å². The molecule has 1 aromatic rings. The summed E-state index contributed by atoms with van der Waals surface area (Å²) < 4.78 is 6.09. The molecule has 19 heavy (non-hydrogen) atoms.